The molecule has 0 bridgehead atoms. The monoisotopic (exact) mass is 542 g/mol. The third kappa shape index (κ3) is 5.29. The minimum Gasteiger partial charge on any atom is -0.372 e. The molecule has 2 aromatic rings. The van der Waals surface area contributed by atoms with E-state index in [1.54, 1.807) is 16.3 Å². The predicted molar refractivity (Wildman–Crippen MR) is 116 cm³/mol. The number of sulfonamides is 1. The van der Waals surface area contributed by atoms with E-state index in [1.807, 2.05) is 0 Å². The minimum atomic E-state index is -6.04. The maximum atomic E-state index is 13.4. The number of aliphatic hydroxyl groups is 1. The van der Waals surface area contributed by atoms with Gasteiger partial charge in [-0.15, -0.1) is 11.3 Å². The lowest BCUT2D eigenvalue weighted by molar-refractivity contribution is -0.376. The van der Waals surface area contributed by atoms with Crippen LogP contribution in [0, 0.1) is 11.8 Å². The van der Waals surface area contributed by atoms with Crippen LogP contribution in [0.2, 0.25) is 0 Å². The zero-order valence-electron chi connectivity index (χ0n) is 18.2. The molecule has 0 unspecified atom stereocenters. The molecule has 3 rings (SSSR count). The molecule has 1 aliphatic rings. The Kier molecular flexibility index (Phi) is 7.78. The van der Waals surface area contributed by atoms with Gasteiger partial charge in [0.05, 0.1) is 5.69 Å². The molecule has 1 aromatic carbocycles. The van der Waals surface area contributed by atoms with E-state index in [4.69, 9.17) is 4.74 Å². The Labute approximate surface area is 201 Å². The highest BCUT2D eigenvalue weighted by Crippen LogP contribution is 2.50. The number of hydrogen-bond donors (Lipinski definition) is 1. The maximum absolute atomic E-state index is 13.4. The van der Waals surface area contributed by atoms with Crippen molar-refractivity contribution in [3.05, 3.63) is 46.8 Å². The van der Waals surface area contributed by atoms with E-state index in [0.29, 0.717) is 12.1 Å². The summed E-state index contributed by atoms with van der Waals surface area (Å²) in [6.45, 7) is 0.181. The fraction of sp³-hybridized carbons (Fsp3) is 0.429. The number of nitrogens with zero attached hydrogens (tertiary/aromatic N) is 2. The maximum Gasteiger partial charge on any atom is 0.430 e. The van der Waals surface area contributed by atoms with Gasteiger partial charge in [0.1, 0.15) is 10.8 Å². The van der Waals surface area contributed by atoms with E-state index in [9.17, 15) is 39.9 Å². The van der Waals surface area contributed by atoms with Gasteiger partial charge in [-0.3, -0.25) is 0 Å². The van der Waals surface area contributed by atoms with Crippen LogP contribution in [0.1, 0.15) is 11.1 Å². The zero-order valence-corrected chi connectivity index (χ0v) is 19.8. The smallest absolute Gasteiger partial charge is 0.372 e. The molecular weight excluding hydrogens is 522 g/mol. The van der Waals surface area contributed by atoms with Gasteiger partial charge in [0.2, 0.25) is 0 Å². The van der Waals surface area contributed by atoms with E-state index in [1.165, 1.54) is 17.5 Å². The highest BCUT2D eigenvalue weighted by Gasteiger charge is 2.71. The minimum absolute atomic E-state index is 0.0436. The Balaban J connectivity index is 1.95. The van der Waals surface area contributed by atoms with Crippen molar-refractivity contribution in [1.82, 2.24) is 4.31 Å². The number of ether oxygens (including phenoxy) is 1. The van der Waals surface area contributed by atoms with Crippen LogP contribution in [-0.2, 0) is 20.4 Å². The van der Waals surface area contributed by atoms with Crippen molar-refractivity contribution in [3.8, 4) is 11.8 Å². The number of piperazine rings is 1. The molecule has 1 aliphatic heterocycles. The number of hydrogen-bond acceptors (Lipinski definition) is 6. The Bertz CT molecular complexity index is 1180. The second-order valence-electron chi connectivity index (χ2n) is 7.50. The van der Waals surface area contributed by atoms with Crippen molar-refractivity contribution in [1.29, 1.82) is 0 Å². The molecule has 0 spiro atoms. The van der Waals surface area contributed by atoms with Crippen LogP contribution in [0.4, 0.5) is 32.0 Å². The summed E-state index contributed by atoms with van der Waals surface area (Å²) in [6, 6.07) is 5.18. The van der Waals surface area contributed by atoms with Crippen molar-refractivity contribution in [2.45, 2.75) is 22.2 Å². The van der Waals surface area contributed by atoms with Crippen LogP contribution in [-0.4, -0.2) is 70.1 Å². The Morgan fingerprint density at radius 2 is 1.69 bits per heavy atom. The van der Waals surface area contributed by atoms with Gasteiger partial charge < -0.3 is 14.7 Å². The molecule has 2 heterocycles. The summed E-state index contributed by atoms with van der Waals surface area (Å²) in [4.78, 5) is 1.61. The highest BCUT2D eigenvalue weighted by molar-refractivity contribution is 7.91. The van der Waals surface area contributed by atoms with Crippen LogP contribution >= 0.6 is 11.3 Å². The quantitative estimate of drug-likeness (QED) is 0.462. The molecule has 35 heavy (non-hydrogen) atoms. The number of methoxy groups -OCH3 is 1. The molecule has 1 saturated heterocycles. The van der Waals surface area contributed by atoms with Gasteiger partial charge in [0, 0.05) is 44.4 Å². The average Bonchev–Trinajstić information content (AvgIpc) is 3.33. The van der Waals surface area contributed by atoms with Crippen LogP contribution in [0.15, 0.2) is 39.9 Å². The van der Waals surface area contributed by atoms with Crippen molar-refractivity contribution < 1.29 is 44.6 Å². The van der Waals surface area contributed by atoms with Gasteiger partial charge in [0.15, 0.2) is 0 Å². The molecular formula is C21H20F6N2O4S2. The topological polar surface area (TPSA) is 70.1 Å². The fourth-order valence-corrected chi connectivity index (χ4v) is 6.10. The molecule has 0 amide bonds. The first-order valence-electron chi connectivity index (χ1n) is 10.00. The third-order valence-corrected chi connectivity index (χ3v) is 8.61. The fourth-order valence-electron chi connectivity index (χ4n) is 3.54. The van der Waals surface area contributed by atoms with E-state index >= 15 is 0 Å². The number of anilines is 1. The van der Waals surface area contributed by atoms with Gasteiger partial charge in [-0.2, -0.15) is 30.6 Å². The van der Waals surface area contributed by atoms with Gasteiger partial charge in [0.25, 0.3) is 15.6 Å². The largest absolute Gasteiger partial charge is 0.430 e. The normalized spacial score (nSPS) is 16.2. The Morgan fingerprint density at radius 1 is 1.06 bits per heavy atom. The highest BCUT2D eigenvalue weighted by atomic mass is 32.2. The van der Waals surface area contributed by atoms with Crippen molar-refractivity contribution in [2.24, 2.45) is 0 Å². The number of alkyl halides is 6. The lowest BCUT2D eigenvalue weighted by atomic mass is 9.90. The van der Waals surface area contributed by atoms with Gasteiger partial charge >= 0.3 is 12.4 Å². The lowest BCUT2D eigenvalue weighted by Gasteiger charge is -2.36. The molecule has 1 N–H and O–H groups in total. The van der Waals surface area contributed by atoms with E-state index in [-0.39, 0.29) is 48.2 Å². The SMILES string of the molecule is COCC#Cc1cc(C(O)(C(F)(F)F)C(F)(F)F)ccc1N1CCN(S(=O)(=O)c2cccs2)CC1. The molecule has 0 radical (unpaired) electrons. The van der Waals surface area contributed by atoms with Crippen LogP contribution < -0.4 is 4.90 Å². The average molecular weight is 543 g/mol. The molecule has 0 atom stereocenters. The van der Waals surface area contributed by atoms with Crippen molar-refractivity contribution >= 4 is 27.0 Å². The summed E-state index contributed by atoms with van der Waals surface area (Å²) in [7, 11) is -2.40. The summed E-state index contributed by atoms with van der Waals surface area (Å²) in [5.41, 5.74) is -6.51. The van der Waals surface area contributed by atoms with E-state index in [2.05, 4.69) is 11.8 Å². The lowest BCUT2D eigenvalue weighted by Crippen LogP contribution is -2.54. The van der Waals surface area contributed by atoms with Crippen molar-refractivity contribution in [3.63, 3.8) is 0 Å². The molecule has 6 nitrogen and oxygen atoms in total. The second-order valence-corrected chi connectivity index (χ2v) is 10.6. The Morgan fingerprint density at radius 3 is 2.20 bits per heavy atom. The van der Waals surface area contributed by atoms with Crippen LogP contribution in [0.25, 0.3) is 0 Å². The van der Waals surface area contributed by atoms with Gasteiger partial charge in [-0.25, -0.2) is 8.42 Å². The molecule has 1 fully saturated rings. The van der Waals surface area contributed by atoms with Gasteiger partial charge in [-0.1, -0.05) is 24.0 Å². The summed E-state index contributed by atoms with van der Waals surface area (Å²) < 4.78 is 112. The van der Waals surface area contributed by atoms with E-state index in [0.717, 1.165) is 17.4 Å². The Hall–Kier alpha value is -2.31. The second kappa shape index (κ2) is 9.98. The predicted octanol–water partition coefficient (Wildman–Crippen LogP) is 3.57. The number of benzene rings is 1. The first kappa shape index (κ1) is 27.3. The molecule has 0 saturated carbocycles. The number of halogens is 6. The number of rotatable bonds is 5. The molecule has 0 aliphatic carbocycles. The van der Waals surface area contributed by atoms with Crippen molar-refractivity contribution in [2.75, 3.05) is 44.8 Å². The molecule has 14 heteroatoms. The van der Waals surface area contributed by atoms with Crippen LogP contribution in [0.5, 0.6) is 0 Å². The number of thiophene rings is 1. The van der Waals surface area contributed by atoms with E-state index < -0.39 is 33.5 Å². The summed E-state index contributed by atoms with van der Waals surface area (Å²) in [5, 5.41) is 11.4. The molecule has 192 valence electrons. The first-order valence-corrected chi connectivity index (χ1v) is 12.3. The van der Waals surface area contributed by atoms with Gasteiger partial charge in [-0.05, 0) is 23.6 Å². The zero-order chi connectivity index (χ0) is 26.1. The standard InChI is InChI=1S/C21H20F6N2O4S2/c1-33-12-2-4-15-14-16(19(30,20(22,23)24)21(25,26)27)6-7-17(15)28-8-10-29(11-9-28)35(31,32)18-5-3-13-34-18/h3,5-7,13-14,30H,8-12H2,1H3. The molecule has 1 aromatic heterocycles. The van der Waals surface area contributed by atoms with Crippen LogP contribution in [0.3, 0.4) is 0 Å². The first-order chi connectivity index (χ1) is 16.2. The third-order valence-electron chi connectivity index (χ3n) is 5.34. The summed E-state index contributed by atoms with van der Waals surface area (Å²) in [6.07, 6.45) is -12.1. The summed E-state index contributed by atoms with van der Waals surface area (Å²) >= 11 is 1.06. The summed E-state index contributed by atoms with van der Waals surface area (Å²) in [5.74, 6) is 4.99.